The molecule has 3 amide bonds. The van der Waals surface area contributed by atoms with Crippen molar-refractivity contribution in [2.45, 2.75) is 38.6 Å². The van der Waals surface area contributed by atoms with Gasteiger partial charge in [0.05, 0.1) is 25.3 Å². The van der Waals surface area contributed by atoms with Gasteiger partial charge in [0.15, 0.2) is 5.76 Å². The Morgan fingerprint density at radius 3 is 2.47 bits per heavy atom. The Morgan fingerprint density at radius 2 is 1.79 bits per heavy atom. The van der Waals surface area contributed by atoms with Gasteiger partial charge in [0.2, 0.25) is 11.8 Å². The number of unbranched alkanes of at least 4 members (excludes halogenated alkanes) is 1. The number of benzene rings is 1. The number of hydrogen-bond acceptors (Lipinski definition) is 5. The number of nitrogens with zero attached hydrogens (tertiary/aromatic N) is 3. The van der Waals surface area contributed by atoms with Gasteiger partial charge in [0.25, 0.3) is 5.91 Å². The maximum atomic E-state index is 13.8. The number of amides is 3. The van der Waals surface area contributed by atoms with E-state index in [9.17, 15) is 14.4 Å². The van der Waals surface area contributed by atoms with Crippen LogP contribution in [0.4, 0.5) is 0 Å². The second-order valence-electron chi connectivity index (χ2n) is 8.87. The summed E-state index contributed by atoms with van der Waals surface area (Å²) in [7, 11) is 1.62. The SMILES string of the molecule is CCCCN1C(=O)CCC(C(=O)N2CCN(C(=O)c3ccco3)CC2)C1c1ccccc1OC. The molecule has 2 unspecified atom stereocenters. The molecule has 4 rings (SSSR count). The molecule has 2 aliphatic rings. The molecule has 2 atom stereocenters. The van der Waals surface area contributed by atoms with Crippen LogP contribution in [0.25, 0.3) is 0 Å². The summed E-state index contributed by atoms with van der Waals surface area (Å²) in [6.07, 6.45) is 4.20. The molecule has 182 valence electrons. The van der Waals surface area contributed by atoms with Crippen LogP contribution in [0.5, 0.6) is 5.75 Å². The third-order valence-corrected chi connectivity index (χ3v) is 6.84. The normalized spacial score (nSPS) is 21.0. The van der Waals surface area contributed by atoms with Crippen molar-refractivity contribution in [1.82, 2.24) is 14.7 Å². The summed E-state index contributed by atoms with van der Waals surface area (Å²) in [5, 5.41) is 0. The molecule has 3 heterocycles. The van der Waals surface area contributed by atoms with Gasteiger partial charge in [-0.1, -0.05) is 31.5 Å². The Balaban J connectivity index is 1.54. The predicted molar refractivity (Wildman–Crippen MR) is 126 cm³/mol. The number of likely N-dealkylation sites (tertiary alicyclic amines) is 1. The highest BCUT2D eigenvalue weighted by molar-refractivity contribution is 5.92. The number of carbonyl (C=O) groups is 3. The molecule has 0 bridgehead atoms. The topological polar surface area (TPSA) is 83.3 Å². The zero-order valence-electron chi connectivity index (χ0n) is 19.9. The number of piperazine rings is 1. The minimum absolute atomic E-state index is 0.0370. The van der Waals surface area contributed by atoms with Crippen LogP contribution in [-0.2, 0) is 9.59 Å². The van der Waals surface area contributed by atoms with Gasteiger partial charge in [-0.05, 0) is 31.0 Å². The zero-order valence-corrected chi connectivity index (χ0v) is 19.9. The molecule has 8 nitrogen and oxygen atoms in total. The van der Waals surface area contributed by atoms with Crippen molar-refractivity contribution < 1.29 is 23.5 Å². The van der Waals surface area contributed by atoms with E-state index in [0.29, 0.717) is 57.1 Å². The lowest BCUT2D eigenvalue weighted by atomic mass is 9.82. The van der Waals surface area contributed by atoms with Gasteiger partial charge in [-0.2, -0.15) is 0 Å². The van der Waals surface area contributed by atoms with Crippen molar-refractivity contribution in [3.05, 3.63) is 54.0 Å². The number of piperidine rings is 1. The zero-order chi connectivity index (χ0) is 24.1. The lowest BCUT2D eigenvalue weighted by Crippen LogP contribution is -2.55. The van der Waals surface area contributed by atoms with Crippen molar-refractivity contribution in [3.63, 3.8) is 0 Å². The monoisotopic (exact) mass is 467 g/mol. The summed E-state index contributed by atoms with van der Waals surface area (Å²) >= 11 is 0. The standard InChI is InChI=1S/C26H33N3O5/c1-3-4-13-29-23(30)12-11-20(24(29)19-8-5-6-9-21(19)33-2)25(31)27-14-16-28(17-15-27)26(32)22-10-7-18-34-22/h5-10,18,20,24H,3-4,11-17H2,1-2H3. The lowest BCUT2D eigenvalue weighted by Gasteiger charge is -2.44. The third kappa shape index (κ3) is 4.81. The molecule has 0 saturated carbocycles. The molecule has 34 heavy (non-hydrogen) atoms. The van der Waals surface area contributed by atoms with Crippen LogP contribution in [0.1, 0.15) is 54.8 Å². The molecule has 0 aliphatic carbocycles. The molecule has 1 aromatic heterocycles. The molecular weight excluding hydrogens is 434 g/mol. The average molecular weight is 468 g/mol. The van der Waals surface area contributed by atoms with E-state index in [1.54, 1.807) is 24.1 Å². The Labute approximate surface area is 200 Å². The average Bonchev–Trinajstić information content (AvgIpc) is 3.42. The number of carbonyl (C=O) groups excluding carboxylic acids is 3. The highest BCUT2D eigenvalue weighted by Crippen LogP contribution is 2.41. The second kappa shape index (κ2) is 10.8. The number of ether oxygens (including phenoxy) is 1. The van der Waals surface area contributed by atoms with Crippen LogP contribution in [0.15, 0.2) is 47.1 Å². The maximum Gasteiger partial charge on any atom is 0.289 e. The number of hydrogen-bond donors (Lipinski definition) is 0. The van der Waals surface area contributed by atoms with E-state index >= 15 is 0 Å². The summed E-state index contributed by atoms with van der Waals surface area (Å²) in [4.78, 5) is 44.8. The summed E-state index contributed by atoms with van der Waals surface area (Å²) in [6.45, 7) is 4.55. The van der Waals surface area contributed by atoms with Crippen molar-refractivity contribution in [1.29, 1.82) is 0 Å². The van der Waals surface area contributed by atoms with Crippen molar-refractivity contribution >= 4 is 17.7 Å². The van der Waals surface area contributed by atoms with Crippen LogP contribution in [0.2, 0.25) is 0 Å². The predicted octanol–water partition coefficient (Wildman–Crippen LogP) is 3.35. The lowest BCUT2D eigenvalue weighted by molar-refractivity contribution is -0.149. The van der Waals surface area contributed by atoms with E-state index in [1.807, 2.05) is 34.1 Å². The van der Waals surface area contributed by atoms with Gasteiger partial charge in [-0.3, -0.25) is 14.4 Å². The largest absolute Gasteiger partial charge is 0.496 e. The van der Waals surface area contributed by atoms with E-state index in [1.165, 1.54) is 6.26 Å². The van der Waals surface area contributed by atoms with Gasteiger partial charge in [0.1, 0.15) is 5.75 Å². The minimum Gasteiger partial charge on any atom is -0.496 e. The number of furan rings is 1. The van der Waals surface area contributed by atoms with E-state index < -0.39 is 0 Å². The second-order valence-corrected chi connectivity index (χ2v) is 8.87. The van der Waals surface area contributed by atoms with Gasteiger partial charge in [-0.15, -0.1) is 0 Å². The first-order chi connectivity index (χ1) is 16.5. The fourth-order valence-electron chi connectivity index (χ4n) is 5.02. The van der Waals surface area contributed by atoms with E-state index in [0.717, 1.165) is 18.4 Å². The fourth-order valence-corrected chi connectivity index (χ4v) is 5.02. The molecule has 2 aliphatic heterocycles. The third-order valence-electron chi connectivity index (χ3n) is 6.84. The fraction of sp³-hybridized carbons (Fsp3) is 0.500. The first-order valence-corrected chi connectivity index (χ1v) is 12.1. The summed E-state index contributed by atoms with van der Waals surface area (Å²) < 4.78 is 10.9. The smallest absolute Gasteiger partial charge is 0.289 e. The van der Waals surface area contributed by atoms with Crippen LogP contribution in [0.3, 0.4) is 0 Å². The molecule has 2 aromatic rings. The molecule has 2 fully saturated rings. The van der Waals surface area contributed by atoms with Crippen LogP contribution in [-0.4, -0.2) is 72.3 Å². The summed E-state index contributed by atoms with van der Waals surface area (Å²) in [5.74, 6) is 0.622. The van der Waals surface area contributed by atoms with Gasteiger partial charge < -0.3 is 23.9 Å². The molecule has 0 N–H and O–H groups in total. The Kier molecular flexibility index (Phi) is 7.55. The van der Waals surface area contributed by atoms with Crippen molar-refractivity contribution in [2.75, 3.05) is 39.8 Å². The summed E-state index contributed by atoms with van der Waals surface area (Å²) in [5.41, 5.74) is 0.874. The first-order valence-electron chi connectivity index (χ1n) is 12.1. The number of methoxy groups -OCH3 is 1. The van der Waals surface area contributed by atoms with Gasteiger partial charge in [-0.25, -0.2) is 0 Å². The minimum atomic E-state index is -0.362. The summed E-state index contributed by atoms with van der Waals surface area (Å²) in [6, 6.07) is 10.7. The van der Waals surface area contributed by atoms with Gasteiger partial charge >= 0.3 is 0 Å². The molecule has 1 aromatic carbocycles. The van der Waals surface area contributed by atoms with Crippen LogP contribution < -0.4 is 4.74 Å². The molecule has 8 heteroatoms. The molecule has 0 radical (unpaired) electrons. The quantitative estimate of drug-likeness (QED) is 0.624. The van der Waals surface area contributed by atoms with Crippen LogP contribution in [0, 0.1) is 5.92 Å². The first kappa shape index (κ1) is 23.9. The van der Waals surface area contributed by atoms with Gasteiger partial charge in [0, 0.05) is 44.7 Å². The van der Waals surface area contributed by atoms with E-state index in [-0.39, 0.29) is 29.7 Å². The Morgan fingerprint density at radius 1 is 1.06 bits per heavy atom. The Hall–Kier alpha value is -3.29. The maximum absolute atomic E-state index is 13.8. The highest BCUT2D eigenvalue weighted by atomic mass is 16.5. The highest BCUT2D eigenvalue weighted by Gasteiger charge is 2.43. The molecule has 0 spiro atoms. The number of rotatable bonds is 7. The van der Waals surface area contributed by atoms with E-state index in [2.05, 4.69) is 6.92 Å². The van der Waals surface area contributed by atoms with E-state index in [4.69, 9.17) is 9.15 Å². The molecule has 2 saturated heterocycles. The molecular formula is C26H33N3O5. The van der Waals surface area contributed by atoms with Crippen molar-refractivity contribution in [3.8, 4) is 5.75 Å². The number of para-hydroxylation sites is 1. The Bertz CT molecular complexity index is 998. The van der Waals surface area contributed by atoms with Crippen LogP contribution >= 0.6 is 0 Å². The van der Waals surface area contributed by atoms with Crippen molar-refractivity contribution in [2.24, 2.45) is 5.92 Å².